The maximum atomic E-state index is 6.36. The van der Waals surface area contributed by atoms with Crippen LogP contribution in [0, 0.1) is 0 Å². The van der Waals surface area contributed by atoms with Gasteiger partial charge in [-0.1, -0.05) is 162 Å². The summed E-state index contributed by atoms with van der Waals surface area (Å²) in [7, 11) is -1.40. The molecule has 0 amide bonds. The highest BCUT2D eigenvalue weighted by Gasteiger charge is 2.21. The molecule has 0 unspecified atom stereocenters. The number of hydrogen-bond donors (Lipinski definition) is 0. The van der Waals surface area contributed by atoms with E-state index < -0.39 is 8.32 Å². The van der Waals surface area contributed by atoms with Gasteiger partial charge in [-0.15, -0.1) is 0 Å². The summed E-state index contributed by atoms with van der Waals surface area (Å²) in [6.45, 7) is 10.5. The van der Waals surface area contributed by atoms with Gasteiger partial charge in [0, 0.05) is 6.61 Å². The fourth-order valence-corrected chi connectivity index (χ4v) is 6.70. The van der Waals surface area contributed by atoms with Gasteiger partial charge in [0.25, 0.3) is 0 Å². The Morgan fingerprint density at radius 2 is 0.656 bits per heavy atom. The Balaban J connectivity index is 3.27. The Bertz CT molecular complexity index is 342. The average molecular weight is 469 g/mol. The molecular weight excluding hydrogens is 404 g/mol. The van der Waals surface area contributed by atoms with E-state index in [0.29, 0.717) is 0 Å². The normalized spacial score (nSPS) is 12.0. The van der Waals surface area contributed by atoms with Gasteiger partial charge >= 0.3 is 0 Å². The van der Waals surface area contributed by atoms with Crippen molar-refractivity contribution in [2.24, 2.45) is 0 Å². The molecule has 0 rings (SSSR count). The minimum absolute atomic E-state index is 1.02. The van der Waals surface area contributed by atoms with Crippen LogP contribution in [0.25, 0.3) is 0 Å². The first-order valence-electron chi connectivity index (χ1n) is 15.3. The zero-order chi connectivity index (χ0) is 23.6. The number of rotatable bonds is 27. The lowest BCUT2D eigenvalue weighted by Gasteiger charge is -2.23. The van der Waals surface area contributed by atoms with Gasteiger partial charge in [0.2, 0.25) is 0 Å². The van der Waals surface area contributed by atoms with Gasteiger partial charge in [-0.25, -0.2) is 0 Å². The van der Waals surface area contributed by atoms with Gasteiger partial charge in [0.15, 0.2) is 8.32 Å². The molecule has 0 radical (unpaired) electrons. The third kappa shape index (κ3) is 26.4. The summed E-state index contributed by atoms with van der Waals surface area (Å²) >= 11 is 0. The highest BCUT2D eigenvalue weighted by Crippen LogP contribution is 2.19. The topological polar surface area (TPSA) is 9.23 Å². The summed E-state index contributed by atoms with van der Waals surface area (Å²) in [6, 6.07) is 1.36. The van der Waals surface area contributed by atoms with Crippen molar-refractivity contribution in [3.8, 4) is 0 Å². The minimum Gasteiger partial charge on any atom is -0.417 e. The molecule has 0 N–H and O–H groups in total. The highest BCUT2D eigenvalue weighted by atomic mass is 28.4. The summed E-state index contributed by atoms with van der Waals surface area (Å²) in [6.07, 6.45) is 34.4. The molecule has 0 aliphatic heterocycles. The zero-order valence-corrected chi connectivity index (χ0v) is 24.3. The van der Waals surface area contributed by atoms with Crippen molar-refractivity contribution in [1.29, 1.82) is 0 Å². The average Bonchev–Trinajstić information content (AvgIpc) is 2.77. The smallest absolute Gasteiger partial charge is 0.186 e. The summed E-state index contributed by atoms with van der Waals surface area (Å²) < 4.78 is 6.36. The second-order valence-corrected chi connectivity index (χ2v) is 15.4. The number of hydrogen-bond acceptors (Lipinski definition) is 1. The first-order chi connectivity index (χ1) is 15.6. The Hall–Kier alpha value is 0.177. The fraction of sp³-hybridized carbons (Fsp3) is 1.00. The van der Waals surface area contributed by atoms with Gasteiger partial charge in [0.05, 0.1) is 0 Å². The molecule has 194 valence electrons. The Kier molecular flexibility index (Phi) is 25.9. The van der Waals surface area contributed by atoms with Crippen LogP contribution < -0.4 is 0 Å². The van der Waals surface area contributed by atoms with Crippen LogP contribution in [0.5, 0.6) is 0 Å². The van der Waals surface area contributed by atoms with Crippen LogP contribution in [0.1, 0.15) is 168 Å². The van der Waals surface area contributed by atoms with Gasteiger partial charge < -0.3 is 4.43 Å². The van der Waals surface area contributed by atoms with Crippen LogP contribution in [-0.2, 0) is 4.43 Å². The van der Waals surface area contributed by atoms with Gasteiger partial charge in [-0.2, -0.15) is 0 Å². The first-order valence-corrected chi connectivity index (χ1v) is 18.4. The molecule has 0 spiro atoms. The second kappa shape index (κ2) is 25.8. The maximum absolute atomic E-state index is 6.36. The van der Waals surface area contributed by atoms with E-state index in [1.54, 1.807) is 0 Å². The van der Waals surface area contributed by atoms with E-state index in [2.05, 4.69) is 26.9 Å². The molecule has 0 aliphatic carbocycles. The molecule has 32 heavy (non-hydrogen) atoms. The van der Waals surface area contributed by atoms with Crippen molar-refractivity contribution in [2.45, 2.75) is 187 Å². The molecule has 0 heterocycles. The minimum atomic E-state index is -1.40. The van der Waals surface area contributed by atoms with E-state index in [9.17, 15) is 0 Å². The van der Waals surface area contributed by atoms with Crippen LogP contribution in [-0.4, -0.2) is 14.9 Å². The lowest BCUT2D eigenvalue weighted by atomic mass is 10.0. The summed E-state index contributed by atoms with van der Waals surface area (Å²) in [5.74, 6) is 0. The lowest BCUT2D eigenvalue weighted by Crippen LogP contribution is -2.30. The summed E-state index contributed by atoms with van der Waals surface area (Å²) in [5, 5.41) is 0. The number of unbranched alkanes of at least 4 members (excludes halogenated alkanes) is 22. The molecule has 1 nitrogen and oxygen atoms in total. The molecule has 0 atom stereocenters. The molecule has 0 aliphatic rings. The van der Waals surface area contributed by atoms with E-state index in [0.717, 1.165) is 6.61 Å². The molecular formula is C30H64OSi. The Labute approximate surface area is 206 Å². The third-order valence-electron chi connectivity index (χ3n) is 7.12. The first kappa shape index (κ1) is 32.2. The van der Waals surface area contributed by atoms with Gasteiger partial charge in [-0.05, 0) is 25.6 Å². The van der Waals surface area contributed by atoms with E-state index in [1.165, 1.54) is 160 Å². The van der Waals surface area contributed by atoms with Crippen LogP contribution >= 0.6 is 0 Å². The standard InChI is InChI=1S/C30H64OSi/c1-5-7-9-11-13-15-17-18-19-20-21-23-25-27-29-31-32(3,4)30-28-26-24-22-16-14-12-10-8-6-2/h5-30H2,1-4H3. The molecule has 2 heteroatoms. The van der Waals surface area contributed by atoms with E-state index in [-0.39, 0.29) is 0 Å². The van der Waals surface area contributed by atoms with Crippen molar-refractivity contribution in [1.82, 2.24) is 0 Å². The monoisotopic (exact) mass is 468 g/mol. The predicted octanol–water partition coefficient (Wildman–Crippen LogP) is 11.6. The molecule has 0 bridgehead atoms. The van der Waals surface area contributed by atoms with E-state index >= 15 is 0 Å². The van der Waals surface area contributed by atoms with Crippen LogP contribution in [0.4, 0.5) is 0 Å². The maximum Gasteiger partial charge on any atom is 0.186 e. The van der Waals surface area contributed by atoms with Crippen molar-refractivity contribution in [2.75, 3.05) is 6.61 Å². The molecule has 0 fully saturated rings. The van der Waals surface area contributed by atoms with Crippen molar-refractivity contribution in [3.63, 3.8) is 0 Å². The Morgan fingerprint density at radius 1 is 0.375 bits per heavy atom. The molecule has 0 saturated carbocycles. The van der Waals surface area contributed by atoms with Crippen LogP contribution in [0.3, 0.4) is 0 Å². The Morgan fingerprint density at radius 3 is 1.00 bits per heavy atom. The van der Waals surface area contributed by atoms with Crippen molar-refractivity contribution >= 4 is 8.32 Å². The molecule has 0 aromatic rings. The zero-order valence-electron chi connectivity index (χ0n) is 23.3. The van der Waals surface area contributed by atoms with Crippen molar-refractivity contribution < 1.29 is 4.43 Å². The van der Waals surface area contributed by atoms with Gasteiger partial charge in [-0.3, -0.25) is 0 Å². The largest absolute Gasteiger partial charge is 0.417 e. The lowest BCUT2D eigenvalue weighted by molar-refractivity contribution is 0.292. The van der Waals surface area contributed by atoms with Gasteiger partial charge in [0.1, 0.15) is 0 Å². The van der Waals surface area contributed by atoms with E-state index in [1.807, 2.05) is 0 Å². The van der Waals surface area contributed by atoms with E-state index in [4.69, 9.17) is 4.43 Å². The SMILES string of the molecule is CCCCCCCCCCCCCCCCO[Si](C)(C)CCCCCCCCCCCC. The summed E-state index contributed by atoms with van der Waals surface area (Å²) in [5.41, 5.74) is 0. The highest BCUT2D eigenvalue weighted by molar-refractivity contribution is 6.71. The summed E-state index contributed by atoms with van der Waals surface area (Å²) in [4.78, 5) is 0. The second-order valence-electron chi connectivity index (χ2n) is 11.1. The molecule has 0 aromatic carbocycles. The molecule has 0 saturated heterocycles. The fourth-order valence-electron chi connectivity index (χ4n) is 4.76. The third-order valence-corrected chi connectivity index (χ3v) is 9.67. The van der Waals surface area contributed by atoms with Crippen molar-refractivity contribution in [3.05, 3.63) is 0 Å². The van der Waals surface area contributed by atoms with Crippen LogP contribution in [0.2, 0.25) is 19.1 Å². The molecule has 0 aromatic heterocycles. The van der Waals surface area contributed by atoms with Crippen LogP contribution in [0.15, 0.2) is 0 Å². The quantitative estimate of drug-likeness (QED) is 0.0859. The predicted molar refractivity (Wildman–Crippen MR) is 150 cm³/mol.